The monoisotopic (exact) mass is 403 g/mol. The van der Waals surface area contributed by atoms with Crippen LogP contribution in [-0.2, 0) is 16.9 Å². The van der Waals surface area contributed by atoms with E-state index >= 15 is 0 Å². The molecule has 1 N–H and O–H groups in total. The summed E-state index contributed by atoms with van der Waals surface area (Å²) in [7, 11) is 1.50. The number of carbonyl (C=O) groups is 1. The number of rotatable bonds is 4. The summed E-state index contributed by atoms with van der Waals surface area (Å²) in [6.45, 7) is 7.40. The van der Waals surface area contributed by atoms with Gasteiger partial charge >= 0.3 is 0 Å². The van der Waals surface area contributed by atoms with Gasteiger partial charge in [-0.15, -0.1) is 0 Å². The zero-order chi connectivity index (χ0) is 20.6. The first-order chi connectivity index (χ1) is 13.1. The van der Waals surface area contributed by atoms with Crippen LogP contribution in [0.4, 0.5) is 5.69 Å². The fourth-order valence-electron chi connectivity index (χ4n) is 2.94. The Morgan fingerprint density at radius 3 is 2.68 bits per heavy atom. The summed E-state index contributed by atoms with van der Waals surface area (Å²) in [6, 6.07) is 4.89. The number of methoxy groups -OCH3 is 1. The van der Waals surface area contributed by atoms with Crippen LogP contribution in [0.5, 0.6) is 5.75 Å². The molecule has 3 aromatic rings. The number of amides is 1. The van der Waals surface area contributed by atoms with Crippen molar-refractivity contribution in [3.05, 3.63) is 45.5 Å². The second kappa shape index (κ2) is 7.27. The van der Waals surface area contributed by atoms with Crippen LogP contribution in [0.15, 0.2) is 29.2 Å². The van der Waals surface area contributed by atoms with Crippen molar-refractivity contribution in [2.45, 2.75) is 39.8 Å². The topological polar surface area (TPSA) is 91.0 Å². The van der Waals surface area contributed by atoms with Gasteiger partial charge in [0, 0.05) is 10.4 Å². The van der Waals surface area contributed by atoms with Crippen LogP contribution >= 0.6 is 11.6 Å². The zero-order valence-corrected chi connectivity index (χ0v) is 17.2. The minimum Gasteiger partial charge on any atom is -0.495 e. The van der Waals surface area contributed by atoms with Crippen LogP contribution in [0.25, 0.3) is 10.9 Å². The van der Waals surface area contributed by atoms with Gasteiger partial charge in [-0.1, -0.05) is 11.6 Å². The number of fused-ring (bicyclic) bond motifs is 1. The average molecular weight is 404 g/mol. The van der Waals surface area contributed by atoms with E-state index in [9.17, 15) is 9.59 Å². The number of nitrogens with one attached hydrogen (secondary N) is 1. The predicted molar refractivity (Wildman–Crippen MR) is 108 cm³/mol. The first kappa shape index (κ1) is 19.9. The van der Waals surface area contributed by atoms with Crippen molar-refractivity contribution >= 4 is 34.1 Å². The molecule has 0 aliphatic rings. The van der Waals surface area contributed by atoms with Crippen LogP contribution in [0.3, 0.4) is 0 Å². The fraction of sp³-hybridized carbons (Fsp3) is 0.368. The van der Waals surface area contributed by atoms with Crippen LogP contribution in [0.2, 0.25) is 5.02 Å². The molecule has 0 saturated carbocycles. The molecule has 28 heavy (non-hydrogen) atoms. The maximum absolute atomic E-state index is 13.0. The van der Waals surface area contributed by atoms with Gasteiger partial charge in [0.05, 0.1) is 30.2 Å². The number of anilines is 1. The van der Waals surface area contributed by atoms with E-state index in [0.717, 1.165) is 4.68 Å². The summed E-state index contributed by atoms with van der Waals surface area (Å²) in [5.74, 6) is 0.0474. The third-order valence-electron chi connectivity index (χ3n) is 4.23. The SMILES string of the molecule is COc1ccc(Cl)cc1NC(=O)Cn1nc(C)c2cnn(C(C)(C)C)c2c1=O. The van der Waals surface area contributed by atoms with Gasteiger partial charge < -0.3 is 10.1 Å². The van der Waals surface area contributed by atoms with E-state index in [-0.39, 0.29) is 17.6 Å². The molecule has 0 atom stereocenters. The van der Waals surface area contributed by atoms with Gasteiger partial charge in [0.1, 0.15) is 17.8 Å². The first-order valence-corrected chi connectivity index (χ1v) is 9.09. The first-order valence-electron chi connectivity index (χ1n) is 8.71. The molecule has 0 radical (unpaired) electrons. The lowest BCUT2D eigenvalue weighted by molar-refractivity contribution is -0.117. The Kier molecular flexibility index (Phi) is 5.16. The van der Waals surface area contributed by atoms with E-state index in [1.807, 2.05) is 20.8 Å². The second-order valence-electron chi connectivity index (χ2n) is 7.43. The van der Waals surface area contributed by atoms with Crippen LogP contribution in [-0.4, -0.2) is 32.6 Å². The molecule has 2 aromatic heterocycles. The smallest absolute Gasteiger partial charge is 0.293 e. The third-order valence-corrected chi connectivity index (χ3v) is 4.47. The van der Waals surface area contributed by atoms with E-state index in [2.05, 4.69) is 15.5 Å². The zero-order valence-electron chi connectivity index (χ0n) is 16.4. The predicted octanol–water partition coefficient (Wildman–Crippen LogP) is 2.96. The normalized spacial score (nSPS) is 11.6. The number of aromatic nitrogens is 4. The van der Waals surface area contributed by atoms with Crippen LogP contribution in [0.1, 0.15) is 26.5 Å². The molecule has 1 amide bonds. The molecule has 0 saturated heterocycles. The highest BCUT2D eigenvalue weighted by atomic mass is 35.5. The van der Waals surface area contributed by atoms with Gasteiger partial charge in [0.25, 0.3) is 5.56 Å². The molecule has 0 fully saturated rings. The molecular weight excluding hydrogens is 382 g/mol. The molecule has 9 heteroatoms. The maximum atomic E-state index is 13.0. The van der Waals surface area contributed by atoms with Crippen molar-refractivity contribution < 1.29 is 9.53 Å². The molecule has 148 valence electrons. The van der Waals surface area contributed by atoms with E-state index in [1.165, 1.54) is 7.11 Å². The van der Waals surface area contributed by atoms with Crippen molar-refractivity contribution in [2.75, 3.05) is 12.4 Å². The summed E-state index contributed by atoms with van der Waals surface area (Å²) in [5, 5.41) is 12.5. The Morgan fingerprint density at radius 2 is 2.04 bits per heavy atom. The number of nitrogens with zero attached hydrogens (tertiary/aromatic N) is 4. The number of aryl methyl sites for hydroxylation is 1. The Hall–Kier alpha value is -2.87. The number of benzene rings is 1. The van der Waals surface area contributed by atoms with Crippen LogP contribution in [0, 0.1) is 6.92 Å². The average Bonchev–Trinajstić information content (AvgIpc) is 3.06. The fourth-order valence-corrected chi connectivity index (χ4v) is 3.11. The van der Waals surface area contributed by atoms with Gasteiger partial charge in [-0.2, -0.15) is 10.2 Å². The van der Waals surface area contributed by atoms with E-state index < -0.39 is 5.91 Å². The summed E-state index contributed by atoms with van der Waals surface area (Å²) in [5.41, 5.74) is 0.710. The Bertz CT molecular complexity index is 1110. The van der Waals surface area contributed by atoms with Gasteiger partial charge in [-0.05, 0) is 45.9 Å². The summed E-state index contributed by atoms with van der Waals surface area (Å²) >= 11 is 5.99. The van der Waals surface area contributed by atoms with Gasteiger partial charge in [-0.3, -0.25) is 14.3 Å². The van der Waals surface area contributed by atoms with Gasteiger partial charge in [-0.25, -0.2) is 4.68 Å². The second-order valence-corrected chi connectivity index (χ2v) is 7.87. The molecule has 0 bridgehead atoms. The Morgan fingerprint density at radius 1 is 1.32 bits per heavy atom. The van der Waals surface area contributed by atoms with Crippen molar-refractivity contribution in [3.63, 3.8) is 0 Å². The maximum Gasteiger partial charge on any atom is 0.293 e. The highest BCUT2D eigenvalue weighted by molar-refractivity contribution is 6.31. The number of halogens is 1. The highest BCUT2D eigenvalue weighted by Crippen LogP contribution is 2.27. The number of hydrogen-bond acceptors (Lipinski definition) is 5. The summed E-state index contributed by atoms with van der Waals surface area (Å²) < 4.78 is 8.03. The van der Waals surface area contributed by atoms with E-state index in [1.54, 1.807) is 36.0 Å². The van der Waals surface area contributed by atoms with E-state index in [0.29, 0.717) is 33.1 Å². The van der Waals surface area contributed by atoms with E-state index in [4.69, 9.17) is 16.3 Å². The number of hydrogen-bond donors (Lipinski definition) is 1. The standard InChI is InChI=1S/C19H22ClN5O3/c1-11-13-9-21-25(19(2,3)4)17(13)18(27)24(23-11)10-16(26)22-14-8-12(20)6-7-15(14)28-5/h6-9H,10H2,1-5H3,(H,22,26). The molecule has 3 rings (SSSR count). The van der Waals surface area contributed by atoms with Crippen molar-refractivity contribution in [2.24, 2.45) is 0 Å². The quantitative estimate of drug-likeness (QED) is 0.723. The molecule has 0 unspecified atom stereocenters. The highest BCUT2D eigenvalue weighted by Gasteiger charge is 2.22. The lowest BCUT2D eigenvalue weighted by Gasteiger charge is -2.20. The van der Waals surface area contributed by atoms with Gasteiger partial charge in [0.2, 0.25) is 5.91 Å². The molecule has 1 aromatic carbocycles. The minimum absolute atomic E-state index is 0.249. The molecule has 0 aliphatic carbocycles. The lowest BCUT2D eigenvalue weighted by atomic mass is 10.1. The van der Waals surface area contributed by atoms with Crippen LogP contribution < -0.4 is 15.6 Å². The molecule has 2 heterocycles. The molecule has 0 spiro atoms. The summed E-state index contributed by atoms with van der Waals surface area (Å²) in [6.07, 6.45) is 1.63. The Labute approximate surface area is 167 Å². The molecule has 0 aliphatic heterocycles. The summed E-state index contributed by atoms with van der Waals surface area (Å²) in [4.78, 5) is 25.5. The van der Waals surface area contributed by atoms with Crippen molar-refractivity contribution in [1.82, 2.24) is 19.6 Å². The number of ether oxygens (including phenoxy) is 1. The third kappa shape index (κ3) is 3.73. The Balaban J connectivity index is 1.97. The van der Waals surface area contributed by atoms with Gasteiger partial charge in [0.15, 0.2) is 0 Å². The molecular formula is C19H22ClN5O3. The van der Waals surface area contributed by atoms with Crippen molar-refractivity contribution in [1.29, 1.82) is 0 Å². The van der Waals surface area contributed by atoms with Crippen molar-refractivity contribution in [3.8, 4) is 5.75 Å². The number of carbonyl (C=O) groups excluding carboxylic acids is 1. The minimum atomic E-state index is -0.421. The molecule has 8 nitrogen and oxygen atoms in total. The lowest BCUT2D eigenvalue weighted by Crippen LogP contribution is -2.33. The largest absolute Gasteiger partial charge is 0.495 e.